The van der Waals surface area contributed by atoms with Crippen molar-refractivity contribution < 1.29 is 8.78 Å². The van der Waals surface area contributed by atoms with Crippen LogP contribution in [-0.4, -0.2) is 12.0 Å². The molecule has 0 aromatic carbocycles. The van der Waals surface area contributed by atoms with E-state index in [1.807, 2.05) is 0 Å². The molecule has 0 radical (unpaired) electrons. The highest BCUT2D eigenvalue weighted by Gasteiger charge is 2.61. The van der Waals surface area contributed by atoms with Crippen LogP contribution in [0.5, 0.6) is 0 Å². The molecule has 52 valence electrons. The molecule has 0 saturated heterocycles. The molecule has 2 aliphatic carbocycles. The largest absolute Gasteiger partial charge is 0.327 e. The Bertz CT molecular complexity index is 132. The van der Waals surface area contributed by atoms with E-state index in [0.717, 1.165) is 0 Å². The minimum atomic E-state index is -2.38. The highest BCUT2D eigenvalue weighted by Crippen LogP contribution is 2.56. The maximum absolute atomic E-state index is 12.3. The molecule has 3 heteroatoms. The van der Waals surface area contributed by atoms with Gasteiger partial charge in [-0.3, -0.25) is 0 Å². The zero-order valence-electron chi connectivity index (χ0n) is 4.98. The quantitative estimate of drug-likeness (QED) is 0.524. The summed E-state index contributed by atoms with van der Waals surface area (Å²) in [5.74, 6) is -2.08. The molecule has 0 unspecified atom stereocenters. The van der Waals surface area contributed by atoms with Crippen LogP contribution in [0.1, 0.15) is 12.8 Å². The van der Waals surface area contributed by atoms with E-state index in [9.17, 15) is 8.78 Å². The lowest BCUT2D eigenvalue weighted by molar-refractivity contribution is -0.00506. The molecule has 2 rings (SSSR count). The minimum Gasteiger partial charge on any atom is -0.327 e. The van der Waals surface area contributed by atoms with E-state index >= 15 is 0 Å². The Balaban J connectivity index is 2.04. The summed E-state index contributed by atoms with van der Waals surface area (Å²) in [7, 11) is 0. The monoisotopic (exact) mass is 133 g/mol. The molecule has 1 nitrogen and oxygen atoms in total. The van der Waals surface area contributed by atoms with Crippen molar-refractivity contribution in [2.75, 3.05) is 0 Å². The number of rotatable bonds is 0. The number of nitrogens with two attached hydrogens (primary N) is 1. The van der Waals surface area contributed by atoms with Gasteiger partial charge in [0.2, 0.25) is 5.92 Å². The van der Waals surface area contributed by atoms with Crippen molar-refractivity contribution in [2.45, 2.75) is 24.8 Å². The Labute approximate surface area is 52.2 Å². The van der Waals surface area contributed by atoms with Gasteiger partial charge < -0.3 is 5.73 Å². The van der Waals surface area contributed by atoms with E-state index in [2.05, 4.69) is 0 Å². The molecule has 2 saturated carbocycles. The van der Waals surface area contributed by atoms with Crippen molar-refractivity contribution >= 4 is 0 Å². The molecule has 0 aromatic heterocycles. The number of hydrogen-bond donors (Lipinski definition) is 1. The number of hydrogen-bond acceptors (Lipinski definition) is 1. The van der Waals surface area contributed by atoms with Crippen LogP contribution in [0.4, 0.5) is 8.78 Å². The van der Waals surface area contributed by atoms with Crippen LogP contribution in [0.15, 0.2) is 0 Å². The molecule has 2 aliphatic rings. The normalized spacial score (nSPS) is 53.0. The van der Waals surface area contributed by atoms with E-state index in [1.54, 1.807) is 0 Å². The zero-order valence-corrected chi connectivity index (χ0v) is 4.98. The van der Waals surface area contributed by atoms with Crippen molar-refractivity contribution in [3.05, 3.63) is 0 Å². The summed E-state index contributed by atoms with van der Waals surface area (Å²) in [6.07, 6.45) is 0.0810. The van der Waals surface area contributed by atoms with Crippen LogP contribution in [0.2, 0.25) is 0 Å². The maximum atomic E-state index is 12.3. The van der Waals surface area contributed by atoms with Crippen molar-refractivity contribution in [1.82, 2.24) is 0 Å². The topological polar surface area (TPSA) is 26.0 Å². The summed E-state index contributed by atoms with van der Waals surface area (Å²) in [6.45, 7) is 0. The van der Waals surface area contributed by atoms with Gasteiger partial charge in [0.15, 0.2) is 0 Å². The van der Waals surface area contributed by atoms with Crippen LogP contribution in [0.25, 0.3) is 0 Å². The van der Waals surface area contributed by atoms with Crippen LogP contribution in [0.3, 0.4) is 0 Å². The second-order valence-corrected chi connectivity index (χ2v) is 3.17. The average Bonchev–Trinajstić information content (AvgIpc) is 2.26. The Morgan fingerprint density at radius 2 is 1.67 bits per heavy atom. The summed E-state index contributed by atoms with van der Waals surface area (Å²) < 4.78 is 24.7. The van der Waals surface area contributed by atoms with Crippen LogP contribution in [-0.2, 0) is 0 Å². The van der Waals surface area contributed by atoms with Gasteiger partial charge in [-0.25, -0.2) is 8.78 Å². The summed E-state index contributed by atoms with van der Waals surface area (Å²) in [6, 6.07) is 0.102. The Morgan fingerprint density at radius 3 is 2.00 bits per heavy atom. The van der Waals surface area contributed by atoms with Gasteiger partial charge in [-0.2, -0.15) is 0 Å². The molecule has 0 aliphatic heterocycles. The van der Waals surface area contributed by atoms with Gasteiger partial charge in [-0.15, -0.1) is 0 Å². The average molecular weight is 133 g/mol. The Hall–Kier alpha value is -0.180. The minimum absolute atomic E-state index is 0.0405. The first-order valence-corrected chi connectivity index (χ1v) is 3.23. The lowest BCUT2D eigenvalue weighted by atomic mass is 10.2. The van der Waals surface area contributed by atoms with Crippen LogP contribution in [0, 0.1) is 11.8 Å². The molecule has 3 atom stereocenters. The number of halogens is 2. The summed E-state index contributed by atoms with van der Waals surface area (Å²) in [5, 5.41) is 0. The highest BCUT2D eigenvalue weighted by atomic mass is 19.3. The standard InChI is InChI=1S/C6H9F2N/c7-6(8)1-3-4(2-6)5(3)9/h3-5H,1-2,9H2/t3-,4+,5+. The molecule has 2 N–H and O–H groups in total. The molecular formula is C6H9F2N. The predicted octanol–water partition coefficient (Wildman–Crippen LogP) is 0.989. The lowest BCUT2D eigenvalue weighted by Gasteiger charge is -2.10. The number of fused-ring (bicyclic) bond motifs is 1. The van der Waals surface area contributed by atoms with Gasteiger partial charge in [0.1, 0.15) is 0 Å². The molecular weight excluding hydrogens is 124 g/mol. The first kappa shape index (κ1) is 5.59. The van der Waals surface area contributed by atoms with E-state index < -0.39 is 5.92 Å². The van der Waals surface area contributed by atoms with E-state index in [-0.39, 0.29) is 30.7 Å². The van der Waals surface area contributed by atoms with Gasteiger partial charge in [0, 0.05) is 18.9 Å². The van der Waals surface area contributed by atoms with E-state index in [4.69, 9.17) is 5.73 Å². The van der Waals surface area contributed by atoms with E-state index in [1.165, 1.54) is 0 Å². The smallest absolute Gasteiger partial charge is 0.248 e. The van der Waals surface area contributed by atoms with E-state index in [0.29, 0.717) is 0 Å². The molecule has 0 heterocycles. The van der Waals surface area contributed by atoms with Crippen LogP contribution < -0.4 is 5.73 Å². The van der Waals surface area contributed by atoms with Gasteiger partial charge >= 0.3 is 0 Å². The third kappa shape index (κ3) is 0.674. The number of alkyl halides is 2. The predicted molar refractivity (Wildman–Crippen MR) is 29.1 cm³/mol. The van der Waals surface area contributed by atoms with Gasteiger partial charge in [0.25, 0.3) is 0 Å². The van der Waals surface area contributed by atoms with Crippen molar-refractivity contribution in [2.24, 2.45) is 17.6 Å². The molecule has 9 heavy (non-hydrogen) atoms. The summed E-state index contributed by atoms with van der Waals surface area (Å²) in [5.41, 5.74) is 5.46. The lowest BCUT2D eigenvalue weighted by Crippen LogP contribution is -2.19. The van der Waals surface area contributed by atoms with Crippen LogP contribution >= 0.6 is 0 Å². The summed E-state index contributed by atoms with van der Waals surface area (Å²) >= 11 is 0. The summed E-state index contributed by atoms with van der Waals surface area (Å²) in [4.78, 5) is 0. The van der Waals surface area contributed by atoms with Crippen molar-refractivity contribution in [3.8, 4) is 0 Å². The molecule has 0 bridgehead atoms. The Kier molecular flexibility index (Phi) is 0.799. The molecule has 0 aromatic rings. The van der Waals surface area contributed by atoms with Gasteiger partial charge in [-0.1, -0.05) is 0 Å². The van der Waals surface area contributed by atoms with Crippen molar-refractivity contribution in [3.63, 3.8) is 0 Å². The second kappa shape index (κ2) is 1.29. The molecule has 0 spiro atoms. The second-order valence-electron chi connectivity index (χ2n) is 3.17. The molecule has 2 fully saturated rings. The fraction of sp³-hybridized carbons (Fsp3) is 1.00. The Morgan fingerprint density at radius 1 is 1.22 bits per heavy atom. The van der Waals surface area contributed by atoms with Gasteiger partial charge in [-0.05, 0) is 11.8 Å². The third-order valence-corrected chi connectivity index (χ3v) is 2.47. The SMILES string of the molecule is N[C@@H]1[C@H]2CC(F)(F)C[C@@H]12. The first-order valence-electron chi connectivity index (χ1n) is 3.23. The highest BCUT2D eigenvalue weighted by molar-refractivity contribution is 5.09. The zero-order chi connectivity index (χ0) is 6.65. The third-order valence-electron chi connectivity index (χ3n) is 2.47. The van der Waals surface area contributed by atoms with Gasteiger partial charge in [0.05, 0.1) is 0 Å². The fourth-order valence-electron chi connectivity index (χ4n) is 1.82. The first-order chi connectivity index (χ1) is 4.10. The maximum Gasteiger partial charge on any atom is 0.248 e. The molecule has 0 amide bonds. The van der Waals surface area contributed by atoms with Crippen molar-refractivity contribution in [1.29, 1.82) is 0 Å². The fourth-order valence-corrected chi connectivity index (χ4v) is 1.82.